The smallest absolute Gasteiger partial charge is 0.265 e. The van der Waals surface area contributed by atoms with E-state index < -0.39 is 21.8 Å². The molecule has 0 fully saturated rings. The van der Waals surface area contributed by atoms with E-state index >= 15 is 0 Å². The molecule has 2 aliphatic heterocycles. The highest BCUT2D eigenvalue weighted by molar-refractivity contribution is 7.96. The maximum absolute atomic E-state index is 14.5. The van der Waals surface area contributed by atoms with E-state index in [-0.39, 0.29) is 34.2 Å². The lowest BCUT2D eigenvalue weighted by Crippen LogP contribution is -2.39. The fraction of sp³-hybridized carbons (Fsp3) is 0.0800. The lowest BCUT2D eigenvalue weighted by molar-refractivity contribution is 0.357. The second-order valence-corrected chi connectivity index (χ2v) is 10.1. The SMILES string of the molecule is N#CC1=C(N)OC2=C([C@H]1c1ccc(Cl)cc1)S(=O)(=O)N(Cc1ccccc1F)c1ccccc12. The van der Waals surface area contributed by atoms with Crippen LogP contribution < -0.4 is 10.0 Å². The van der Waals surface area contributed by atoms with Crippen molar-refractivity contribution in [1.29, 1.82) is 5.26 Å². The summed E-state index contributed by atoms with van der Waals surface area (Å²) in [7, 11) is -4.28. The molecule has 5 rings (SSSR count). The Labute approximate surface area is 201 Å². The van der Waals surface area contributed by atoms with E-state index in [0.717, 1.165) is 4.31 Å². The molecule has 1 atom stereocenters. The van der Waals surface area contributed by atoms with E-state index in [1.807, 2.05) is 6.07 Å². The average Bonchev–Trinajstić information content (AvgIpc) is 2.82. The van der Waals surface area contributed by atoms with E-state index in [1.54, 1.807) is 54.6 Å². The van der Waals surface area contributed by atoms with E-state index in [1.165, 1.54) is 18.2 Å². The number of benzene rings is 3. The van der Waals surface area contributed by atoms with Crippen LogP contribution in [0.15, 0.2) is 89.2 Å². The van der Waals surface area contributed by atoms with Gasteiger partial charge in [0.05, 0.1) is 18.2 Å². The molecule has 34 heavy (non-hydrogen) atoms. The standard InChI is InChI=1S/C25H17ClFN3O3S/c26-17-11-9-15(10-12-17)22-19(13-28)25(29)33-23-18-6-2-4-8-21(18)30(34(31,32)24(22)23)14-16-5-1-3-7-20(16)27/h1-12,22H,14,29H2/t22-/m0/s1. The number of nitriles is 1. The molecule has 0 radical (unpaired) electrons. The van der Waals surface area contributed by atoms with Crippen LogP contribution in [0.2, 0.25) is 5.02 Å². The number of anilines is 1. The van der Waals surface area contributed by atoms with Gasteiger partial charge in [0.25, 0.3) is 10.0 Å². The van der Waals surface area contributed by atoms with E-state index in [2.05, 4.69) is 0 Å². The number of sulfonamides is 1. The van der Waals surface area contributed by atoms with E-state index in [4.69, 9.17) is 22.1 Å². The maximum Gasteiger partial charge on any atom is 0.265 e. The Morgan fingerprint density at radius 3 is 2.44 bits per heavy atom. The Morgan fingerprint density at radius 2 is 1.74 bits per heavy atom. The van der Waals surface area contributed by atoms with Crippen LogP contribution in [0.4, 0.5) is 10.1 Å². The molecular weight excluding hydrogens is 477 g/mol. The fourth-order valence-corrected chi connectivity index (χ4v) is 6.28. The molecule has 0 amide bonds. The first-order valence-corrected chi connectivity index (χ1v) is 12.1. The Hall–Kier alpha value is -3.80. The largest absolute Gasteiger partial charge is 0.439 e. The number of ether oxygens (including phenoxy) is 1. The van der Waals surface area contributed by atoms with Crippen molar-refractivity contribution in [2.45, 2.75) is 12.5 Å². The van der Waals surface area contributed by atoms with Crippen LogP contribution in [-0.4, -0.2) is 8.42 Å². The zero-order chi connectivity index (χ0) is 24.0. The van der Waals surface area contributed by atoms with Gasteiger partial charge in [-0.3, -0.25) is 4.31 Å². The number of allylic oxidation sites excluding steroid dienone is 2. The van der Waals surface area contributed by atoms with Crippen molar-refractivity contribution in [1.82, 2.24) is 0 Å². The number of hydrogen-bond acceptors (Lipinski definition) is 5. The summed E-state index contributed by atoms with van der Waals surface area (Å²) < 4.78 is 49.6. The number of nitrogens with zero attached hydrogens (tertiary/aromatic N) is 2. The second kappa shape index (κ2) is 8.20. The predicted octanol–water partition coefficient (Wildman–Crippen LogP) is 5.01. The van der Waals surface area contributed by atoms with Crippen molar-refractivity contribution in [3.63, 3.8) is 0 Å². The van der Waals surface area contributed by atoms with Gasteiger partial charge in [0.1, 0.15) is 22.4 Å². The van der Waals surface area contributed by atoms with Crippen molar-refractivity contribution in [3.05, 3.63) is 117 Å². The number of nitrogens with two attached hydrogens (primary N) is 1. The van der Waals surface area contributed by atoms with Crippen molar-refractivity contribution in [3.8, 4) is 6.07 Å². The van der Waals surface area contributed by atoms with Crippen molar-refractivity contribution in [2.24, 2.45) is 5.73 Å². The van der Waals surface area contributed by atoms with Crippen LogP contribution in [0, 0.1) is 17.1 Å². The van der Waals surface area contributed by atoms with E-state index in [9.17, 15) is 18.1 Å². The lowest BCUT2D eigenvalue weighted by Gasteiger charge is -2.38. The molecule has 0 unspecified atom stereocenters. The summed E-state index contributed by atoms with van der Waals surface area (Å²) in [5.41, 5.74) is 7.58. The quantitative estimate of drug-likeness (QED) is 0.553. The summed E-state index contributed by atoms with van der Waals surface area (Å²) in [6.07, 6.45) is 0. The molecule has 0 saturated heterocycles. The molecule has 9 heteroatoms. The molecule has 0 aromatic heterocycles. The topological polar surface area (TPSA) is 96.4 Å². The van der Waals surface area contributed by atoms with Crippen molar-refractivity contribution in [2.75, 3.05) is 4.31 Å². The number of fused-ring (bicyclic) bond motifs is 2. The van der Waals surface area contributed by atoms with Crippen LogP contribution in [0.5, 0.6) is 0 Å². The Bertz CT molecular complexity index is 1530. The third-order valence-corrected chi connectivity index (χ3v) is 7.97. The molecule has 170 valence electrons. The molecule has 0 aliphatic carbocycles. The molecule has 0 spiro atoms. The molecule has 2 heterocycles. The second-order valence-electron chi connectivity index (χ2n) is 7.79. The molecular formula is C25H17ClFN3O3S. The first-order valence-electron chi connectivity index (χ1n) is 10.3. The average molecular weight is 494 g/mol. The third kappa shape index (κ3) is 3.41. The number of rotatable bonds is 3. The van der Waals surface area contributed by atoms with Gasteiger partial charge in [-0.15, -0.1) is 0 Å². The molecule has 3 aromatic rings. The minimum atomic E-state index is -4.28. The summed E-state index contributed by atoms with van der Waals surface area (Å²) in [6, 6.07) is 21.3. The van der Waals surface area contributed by atoms with Gasteiger partial charge in [0.2, 0.25) is 5.88 Å². The summed E-state index contributed by atoms with van der Waals surface area (Å²) in [4.78, 5) is -0.129. The van der Waals surface area contributed by atoms with Gasteiger partial charge >= 0.3 is 0 Å². The number of para-hydroxylation sites is 1. The van der Waals surface area contributed by atoms with Gasteiger partial charge in [-0.05, 0) is 35.9 Å². The number of halogens is 2. The van der Waals surface area contributed by atoms with Crippen LogP contribution in [0.3, 0.4) is 0 Å². The molecule has 0 bridgehead atoms. The molecule has 0 saturated carbocycles. The molecule has 2 aliphatic rings. The van der Waals surface area contributed by atoms with Crippen molar-refractivity contribution < 1.29 is 17.5 Å². The summed E-state index contributed by atoms with van der Waals surface area (Å²) in [6.45, 7) is -0.239. The molecule has 6 nitrogen and oxygen atoms in total. The fourth-order valence-electron chi connectivity index (χ4n) is 4.25. The molecule has 3 aromatic carbocycles. The zero-order valence-corrected chi connectivity index (χ0v) is 19.1. The first kappa shape index (κ1) is 22.0. The van der Waals surface area contributed by atoms with Crippen LogP contribution in [-0.2, 0) is 21.3 Å². The van der Waals surface area contributed by atoms with Gasteiger partial charge in [-0.25, -0.2) is 12.8 Å². The summed E-state index contributed by atoms with van der Waals surface area (Å²) in [5, 5.41) is 10.3. The third-order valence-electron chi connectivity index (χ3n) is 5.83. The van der Waals surface area contributed by atoms with Crippen LogP contribution in [0.1, 0.15) is 22.6 Å². The van der Waals surface area contributed by atoms with Gasteiger partial charge in [0.15, 0.2) is 5.76 Å². The highest BCUT2D eigenvalue weighted by atomic mass is 35.5. The summed E-state index contributed by atoms with van der Waals surface area (Å²) in [5.74, 6) is -1.66. The van der Waals surface area contributed by atoms with Crippen LogP contribution in [0.25, 0.3) is 5.76 Å². The number of hydrogen-bond donors (Lipinski definition) is 1. The summed E-state index contributed by atoms with van der Waals surface area (Å²) >= 11 is 6.04. The molecule has 2 N–H and O–H groups in total. The first-order chi connectivity index (χ1) is 16.3. The zero-order valence-electron chi connectivity index (χ0n) is 17.6. The van der Waals surface area contributed by atoms with Gasteiger partial charge in [-0.1, -0.05) is 54.1 Å². The predicted molar refractivity (Wildman–Crippen MR) is 127 cm³/mol. The van der Waals surface area contributed by atoms with Crippen LogP contribution >= 0.6 is 11.6 Å². The minimum Gasteiger partial charge on any atom is -0.439 e. The van der Waals surface area contributed by atoms with Gasteiger partial charge < -0.3 is 10.5 Å². The monoisotopic (exact) mass is 493 g/mol. The highest BCUT2D eigenvalue weighted by Gasteiger charge is 2.47. The maximum atomic E-state index is 14.5. The normalized spacial score (nSPS) is 18.6. The van der Waals surface area contributed by atoms with Crippen molar-refractivity contribution >= 4 is 33.1 Å². The Balaban J connectivity index is 1.77. The highest BCUT2D eigenvalue weighted by Crippen LogP contribution is 2.51. The Morgan fingerprint density at radius 1 is 1.06 bits per heavy atom. The van der Waals surface area contributed by atoms with Gasteiger partial charge in [-0.2, -0.15) is 5.26 Å². The Kier molecular flexibility index (Phi) is 5.31. The van der Waals surface area contributed by atoms with Gasteiger partial charge in [0, 0.05) is 16.1 Å². The van der Waals surface area contributed by atoms with E-state index in [0.29, 0.717) is 21.8 Å². The minimum absolute atomic E-state index is 0.0325. The lowest BCUT2D eigenvalue weighted by atomic mass is 9.88.